The van der Waals surface area contributed by atoms with Gasteiger partial charge in [-0.3, -0.25) is 0 Å². The molecule has 1 N–H and O–H groups in total. The number of nitrogens with zero attached hydrogens (tertiary/aromatic N) is 2. The fourth-order valence-electron chi connectivity index (χ4n) is 3.26. The highest BCUT2D eigenvalue weighted by atomic mass is 16.4. The van der Waals surface area contributed by atoms with Crippen LogP contribution in [0.3, 0.4) is 0 Å². The molecule has 0 amide bonds. The molecule has 0 bridgehead atoms. The van der Waals surface area contributed by atoms with E-state index in [1.54, 1.807) is 0 Å². The van der Waals surface area contributed by atoms with Gasteiger partial charge in [0.05, 0.1) is 5.57 Å². The first kappa shape index (κ1) is 12.7. The van der Waals surface area contributed by atoms with E-state index in [9.17, 15) is 4.79 Å². The molecule has 0 saturated heterocycles. The van der Waals surface area contributed by atoms with Crippen LogP contribution in [0.1, 0.15) is 29.5 Å². The molecule has 4 nitrogen and oxygen atoms in total. The molecule has 2 heterocycles. The molecule has 3 rings (SSSR count). The van der Waals surface area contributed by atoms with Crippen LogP contribution < -0.4 is 4.90 Å². The van der Waals surface area contributed by atoms with Crippen molar-refractivity contribution in [3.8, 4) is 6.07 Å². The van der Waals surface area contributed by atoms with Gasteiger partial charge in [0.2, 0.25) is 0 Å². The number of allylic oxidation sites excluding steroid dienone is 1. The summed E-state index contributed by atoms with van der Waals surface area (Å²) in [6.45, 7) is 2.21. The molecule has 0 saturated carbocycles. The first-order valence-electron chi connectivity index (χ1n) is 6.95. The highest BCUT2D eigenvalue weighted by Gasteiger charge is 2.24. The van der Waals surface area contributed by atoms with Gasteiger partial charge in [0.25, 0.3) is 0 Å². The van der Waals surface area contributed by atoms with Crippen LogP contribution >= 0.6 is 0 Å². The third kappa shape index (κ3) is 2.16. The second-order valence-corrected chi connectivity index (χ2v) is 5.35. The Morgan fingerprint density at radius 2 is 1.85 bits per heavy atom. The molecular weight excluding hydrogens is 252 g/mol. The Labute approximate surface area is 117 Å². The van der Waals surface area contributed by atoms with E-state index in [4.69, 9.17) is 10.4 Å². The molecule has 1 aromatic rings. The average Bonchev–Trinajstić information content (AvgIpc) is 2.45. The first-order chi connectivity index (χ1) is 9.69. The number of rotatable bonds is 2. The molecule has 2 aliphatic rings. The van der Waals surface area contributed by atoms with Crippen LogP contribution in [-0.2, 0) is 17.6 Å². The van der Waals surface area contributed by atoms with Crippen molar-refractivity contribution >= 4 is 17.2 Å². The fraction of sp³-hybridized carbons (Fsp3) is 0.375. The Morgan fingerprint density at radius 3 is 2.35 bits per heavy atom. The van der Waals surface area contributed by atoms with Crippen molar-refractivity contribution in [2.24, 2.45) is 0 Å². The summed E-state index contributed by atoms with van der Waals surface area (Å²) < 4.78 is 0. The number of carboxylic acid groups (broad SMARTS) is 1. The van der Waals surface area contributed by atoms with Gasteiger partial charge < -0.3 is 10.0 Å². The number of aliphatic carboxylic acids is 1. The van der Waals surface area contributed by atoms with Crippen molar-refractivity contribution in [2.45, 2.75) is 25.7 Å². The Balaban J connectivity index is 2.12. The second kappa shape index (κ2) is 5.01. The zero-order chi connectivity index (χ0) is 14.1. The quantitative estimate of drug-likeness (QED) is 0.660. The van der Waals surface area contributed by atoms with Crippen molar-refractivity contribution in [2.75, 3.05) is 18.0 Å². The number of benzene rings is 1. The fourth-order valence-corrected chi connectivity index (χ4v) is 3.26. The van der Waals surface area contributed by atoms with Crippen LogP contribution in [0.4, 0.5) is 5.69 Å². The van der Waals surface area contributed by atoms with Gasteiger partial charge in [-0.1, -0.05) is 0 Å². The van der Waals surface area contributed by atoms with Gasteiger partial charge in [0.1, 0.15) is 6.07 Å². The van der Waals surface area contributed by atoms with Gasteiger partial charge >= 0.3 is 5.97 Å². The van der Waals surface area contributed by atoms with E-state index in [0.717, 1.165) is 50.4 Å². The Kier molecular flexibility index (Phi) is 3.19. The molecule has 0 atom stereocenters. The number of carboxylic acids is 1. The summed E-state index contributed by atoms with van der Waals surface area (Å²) in [4.78, 5) is 13.2. The third-order valence-corrected chi connectivity index (χ3v) is 4.03. The Bertz CT molecular complexity index is 609. The van der Waals surface area contributed by atoms with Gasteiger partial charge in [0, 0.05) is 24.9 Å². The molecule has 0 radical (unpaired) electrons. The normalized spacial score (nSPS) is 17.4. The number of nitriles is 1. The monoisotopic (exact) mass is 268 g/mol. The summed E-state index contributed by atoms with van der Waals surface area (Å²) in [5, 5.41) is 18.0. The SMILES string of the molecule is N#C/C(=C\C(=O)O)c1cc2c3c(c1)CCCN3CCC2. The van der Waals surface area contributed by atoms with Gasteiger partial charge in [-0.25, -0.2) is 4.79 Å². The minimum atomic E-state index is -1.07. The Morgan fingerprint density at radius 1 is 1.25 bits per heavy atom. The molecule has 0 unspecified atom stereocenters. The minimum absolute atomic E-state index is 0.235. The molecule has 1 aromatic carbocycles. The molecule has 20 heavy (non-hydrogen) atoms. The summed E-state index contributed by atoms with van der Waals surface area (Å²) in [6.07, 6.45) is 5.27. The zero-order valence-corrected chi connectivity index (χ0v) is 11.2. The third-order valence-electron chi connectivity index (χ3n) is 4.03. The van der Waals surface area contributed by atoms with E-state index in [2.05, 4.69) is 4.90 Å². The number of hydrogen-bond acceptors (Lipinski definition) is 3. The maximum absolute atomic E-state index is 10.8. The van der Waals surface area contributed by atoms with E-state index in [0.29, 0.717) is 0 Å². The topological polar surface area (TPSA) is 64.3 Å². The lowest BCUT2D eigenvalue weighted by Crippen LogP contribution is -2.34. The van der Waals surface area contributed by atoms with Crippen molar-refractivity contribution in [3.05, 3.63) is 34.9 Å². The summed E-state index contributed by atoms with van der Waals surface area (Å²) >= 11 is 0. The van der Waals surface area contributed by atoms with Crippen LogP contribution in [0.5, 0.6) is 0 Å². The van der Waals surface area contributed by atoms with E-state index in [-0.39, 0.29) is 5.57 Å². The summed E-state index contributed by atoms with van der Waals surface area (Å²) in [6, 6.07) is 5.99. The van der Waals surface area contributed by atoms with Gasteiger partial charge in [-0.15, -0.1) is 0 Å². The van der Waals surface area contributed by atoms with E-state index < -0.39 is 5.97 Å². The molecule has 2 aliphatic heterocycles. The minimum Gasteiger partial charge on any atom is -0.478 e. The van der Waals surface area contributed by atoms with E-state index in [1.807, 2.05) is 18.2 Å². The van der Waals surface area contributed by atoms with Crippen molar-refractivity contribution in [3.63, 3.8) is 0 Å². The lowest BCUT2D eigenvalue weighted by atomic mass is 9.88. The van der Waals surface area contributed by atoms with E-state index >= 15 is 0 Å². The highest BCUT2D eigenvalue weighted by molar-refractivity contribution is 5.94. The number of carbonyl (C=O) groups is 1. The standard InChI is InChI=1S/C16H16N2O2/c17-10-14(9-15(19)20)13-7-11-3-1-5-18-6-2-4-12(8-13)16(11)18/h7-9H,1-6H2,(H,19,20)/b14-9+. The second-order valence-electron chi connectivity index (χ2n) is 5.35. The van der Waals surface area contributed by atoms with Crippen LogP contribution in [0.2, 0.25) is 0 Å². The first-order valence-corrected chi connectivity index (χ1v) is 6.95. The van der Waals surface area contributed by atoms with Crippen LogP contribution in [0.15, 0.2) is 18.2 Å². The van der Waals surface area contributed by atoms with Crippen LogP contribution in [0, 0.1) is 11.3 Å². The maximum Gasteiger partial charge on any atom is 0.329 e. The van der Waals surface area contributed by atoms with Gasteiger partial charge in [-0.05, 0) is 54.5 Å². The highest BCUT2D eigenvalue weighted by Crippen LogP contribution is 2.37. The smallest absolute Gasteiger partial charge is 0.329 e. The number of hydrogen-bond donors (Lipinski definition) is 1. The van der Waals surface area contributed by atoms with Crippen molar-refractivity contribution in [1.82, 2.24) is 0 Å². The summed E-state index contributed by atoms with van der Waals surface area (Å²) in [7, 11) is 0. The van der Waals surface area contributed by atoms with Crippen molar-refractivity contribution < 1.29 is 9.90 Å². The largest absolute Gasteiger partial charge is 0.478 e. The lowest BCUT2D eigenvalue weighted by Gasteiger charge is -2.37. The molecule has 0 spiro atoms. The van der Waals surface area contributed by atoms with Crippen LogP contribution in [-0.4, -0.2) is 24.2 Å². The predicted molar refractivity (Wildman–Crippen MR) is 76.5 cm³/mol. The summed E-state index contributed by atoms with van der Waals surface area (Å²) in [5.74, 6) is -1.07. The van der Waals surface area contributed by atoms with Gasteiger partial charge in [0.15, 0.2) is 0 Å². The van der Waals surface area contributed by atoms with E-state index in [1.165, 1.54) is 16.8 Å². The van der Waals surface area contributed by atoms with Crippen molar-refractivity contribution in [1.29, 1.82) is 5.26 Å². The molecular formula is C16H16N2O2. The molecule has 0 fully saturated rings. The predicted octanol–water partition coefficient (Wildman–Crippen LogP) is 2.38. The summed E-state index contributed by atoms with van der Waals surface area (Å²) in [5.41, 5.74) is 4.83. The number of aryl methyl sites for hydroxylation is 2. The van der Waals surface area contributed by atoms with Gasteiger partial charge in [-0.2, -0.15) is 5.26 Å². The lowest BCUT2D eigenvalue weighted by molar-refractivity contribution is -0.131. The van der Waals surface area contributed by atoms with Crippen LogP contribution in [0.25, 0.3) is 5.57 Å². The average molecular weight is 268 g/mol. The molecule has 102 valence electrons. The molecule has 0 aromatic heterocycles. The molecule has 0 aliphatic carbocycles. The maximum atomic E-state index is 10.8. The number of anilines is 1. The zero-order valence-electron chi connectivity index (χ0n) is 11.2. The Hall–Kier alpha value is -2.28. The molecule has 4 heteroatoms.